The molecule has 0 bridgehead atoms. The highest BCUT2D eigenvalue weighted by molar-refractivity contribution is 7.11. The van der Waals surface area contributed by atoms with Crippen LogP contribution in [0.4, 0.5) is 0 Å². The van der Waals surface area contributed by atoms with Gasteiger partial charge in [0.1, 0.15) is 0 Å². The van der Waals surface area contributed by atoms with Crippen LogP contribution in [0.1, 0.15) is 30.5 Å². The van der Waals surface area contributed by atoms with Crippen LogP contribution in [0, 0.1) is 6.92 Å². The van der Waals surface area contributed by atoms with Gasteiger partial charge < -0.3 is 10.6 Å². The third kappa shape index (κ3) is 3.32. The van der Waals surface area contributed by atoms with E-state index in [4.69, 9.17) is 5.73 Å². The molecule has 90 valence electrons. The van der Waals surface area contributed by atoms with Crippen LogP contribution >= 0.6 is 11.3 Å². The van der Waals surface area contributed by atoms with E-state index in [2.05, 4.69) is 19.1 Å². The van der Waals surface area contributed by atoms with Crippen molar-refractivity contribution in [2.75, 3.05) is 0 Å². The molecule has 0 spiro atoms. The molecule has 1 heterocycles. The molecule has 0 radical (unpaired) electrons. The van der Waals surface area contributed by atoms with Crippen molar-refractivity contribution in [2.45, 2.75) is 46.3 Å². The van der Waals surface area contributed by atoms with E-state index < -0.39 is 6.04 Å². The van der Waals surface area contributed by atoms with E-state index in [0.717, 1.165) is 0 Å². The molecule has 0 saturated carbocycles. The molecular weight excluding hydrogens is 220 g/mol. The number of nitrogens with zero attached hydrogens (tertiary/aromatic N) is 1. The molecule has 0 aromatic carbocycles. The fourth-order valence-electron chi connectivity index (χ4n) is 1.51. The number of hydrogen-bond donors (Lipinski definition) is 1. The van der Waals surface area contributed by atoms with Gasteiger partial charge in [-0.2, -0.15) is 0 Å². The maximum Gasteiger partial charge on any atom is 0.239 e. The third-order valence-electron chi connectivity index (χ3n) is 2.42. The van der Waals surface area contributed by atoms with Crippen LogP contribution in [0.5, 0.6) is 0 Å². The molecule has 16 heavy (non-hydrogen) atoms. The molecule has 1 aromatic rings. The fraction of sp³-hybridized carbons (Fsp3) is 0.583. The number of carbonyl (C=O) groups is 1. The largest absolute Gasteiger partial charge is 0.334 e. The Hall–Kier alpha value is -0.870. The average molecular weight is 240 g/mol. The van der Waals surface area contributed by atoms with Crippen molar-refractivity contribution in [3.05, 3.63) is 21.9 Å². The molecule has 0 aliphatic heterocycles. The monoisotopic (exact) mass is 240 g/mol. The number of rotatable bonds is 4. The van der Waals surface area contributed by atoms with E-state index in [1.165, 1.54) is 9.75 Å². The normalized spacial score (nSPS) is 12.9. The lowest BCUT2D eigenvalue weighted by molar-refractivity contribution is -0.134. The van der Waals surface area contributed by atoms with Crippen LogP contribution in [-0.4, -0.2) is 22.9 Å². The molecular formula is C12H20N2OS. The van der Waals surface area contributed by atoms with Gasteiger partial charge in [0.05, 0.1) is 12.6 Å². The Balaban J connectivity index is 2.76. The van der Waals surface area contributed by atoms with Crippen molar-refractivity contribution in [2.24, 2.45) is 5.73 Å². The molecule has 0 saturated heterocycles. The van der Waals surface area contributed by atoms with Crippen LogP contribution in [0.25, 0.3) is 0 Å². The van der Waals surface area contributed by atoms with Gasteiger partial charge in [-0.05, 0) is 39.8 Å². The van der Waals surface area contributed by atoms with Gasteiger partial charge in [0, 0.05) is 15.8 Å². The molecule has 1 atom stereocenters. The summed E-state index contributed by atoms with van der Waals surface area (Å²) in [4.78, 5) is 16.2. The summed E-state index contributed by atoms with van der Waals surface area (Å²) in [6.07, 6.45) is 0. The summed E-state index contributed by atoms with van der Waals surface area (Å²) < 4.78 is 0. The highest BCUT2D eigenvalue weighted by Gasteiger charge is 2.20. The summed E-state index contributed by atoms with van der Waals surface area (Å²) in [7, 11) is 0. The van der Waals surface area contributed by atoms with Crippen LogP contribution < -0.4 is 5.73 Å². The molecule has 1 amide bonds. The lowest BCUT2D eigenvalue weighted by Crippen LogP contribution is -2.44. The van der Waals surface area contributed by atoms with Gasteiger partial charge in [-0.1, -0.05) is 0 Å². The van der Waals surface area contributed by atoms with Gasteiger partial charge in [0.25, 0.3) is 0 Å². The zero-order valence-electron chi connectivity index (χ0n) is 10.4. The minimum Gasteiger partial charge on any atom is -0.334 e. The lowest BCUT2D eigenvalue weighted by atomic mass is 10.2. The molecule has 2 N–H and O–H groups in total. The number of aryl methyl sites for hydroxylation is 1. The number of carbonyl (C=O) groups excluding carboxylic acids is 1. The van der Waals surface area contributed by atoms with Gasteiger partial charge in [-0.3, -0.25) is 4.79 Å². The Labute approximate surface area is 101 Å². The average Bonchev–Trinajstić information content (AvgIpc) is 2.59. The zero-order chi connectivity index (χ0) is 12.3. The third-order valence-corrected chi connectivity index (χ3v) is 3.40. The standard InChI is InChI=1S/C12H20N2OS/c1-8(2)14(12(15)10(4)13)7-11-6-5-9(3)16-11/h5-6,8,10H,7,13H2,1-4H3/t10-/m0/s1. The maximum absolute atomic E-state index is 11.9. The summed E-state index contributed by atoms with van der Waals surface area (Å²) in [6.45, 7) is 8.50. The second kappa shape index (κ2) is 5.46. The second-order valence-electron chi connectivity index (χ2n) is 4.36. The first-order valence-corrected chi connectivity index (χ1v) is 6.35. The van der Waals surface area contributed by atoms with Crippen molar-refractivity contribution in [1.29, 1.82) is 0 Å². The molecule has 0 unspecified atom stereocenters. The van der Waals surface area contributed by atoms with E-state index in [-0.39, 0.29) is 11.9 Å². The first-order chi connectivity index (χ1) is 7.41. The Kier molecular flexibility index (Phi) is 4.50. The highest BCUT2D eigenvalue weighted by Crippen LogP contribution is 2.18. The SMILES string of the molecule is Cc1ccc(CN(C(=O)[C@H](C)N)C(C)C)s1. The summed E-state index contributed by atoms with van der Waals surface area (Å²) in [5.41, 5.74) is 5.65. The minimum absolute atomic E-state index is 0.0149. The molecule has 0 aliphatic rings. The zero-order valence-corrected chi connectivity index (χ0v) is 11.2. The van der Waals surface area contributed by atoms with Gasteiger partial charge in [-0.15, -0.1) is 11.3 Å². The Morgan fingerprint density at radius 1 is 1.44 bits per heavy atom. The van der Waals surface area contributed by atoms with Gasteiger partial charge in [-0.25, -0.2) is 0 Å². The van der Waals surface area contributed by atoms with E-state index in [0.29, 0.717) is 6.54 Å². The first-order valence-electron chi connectivity index (χ1n) is 5.53. The smallest absolute Gasteiger partial charge is 0.239 e. The minimum atomic E-state index is -0.427. The second-order valence-corrected chi connectivity index (χ2v) is 5.73. The van der Waals surface area contributed by atoms with Crippen molar-refractivity contribution in [3.63, 3.8) is 0 Å². The molecule has 1 aromatic heterocycles. The maximum atomic E-state index is 11.9. The van der Waals surface area contributed by atoms with E-state index in [1.807, 2.05) is 18.7 Å². The quantitative estimate of drug-likeness (QED) is 0.876. The van der Waals surface area contributed by atoms with Crippen LogP contribution in [0.2, 0.25) is 0 Å². The Bertz CT molecular complexity index is 358. The number of amides is 1. The first kappa shape index (κ1) is 13.2. The van der Waals surface area contributed by atoms with Crippen molar-refractivity contribution in [1.82, 2.24) is 4.90 Å². The Morgan fingerprint density at radius 3 is 2.44 bits per heavy atom. The van der Waals surface area contributed by atoms with Gasteiger partial charge >= 0.3 is 0 Å². The summed E-state index contributed by atoms with van der Waals surface area (Å²) in [5, 5.41) is 0. The summed E-state index contributed by atoms with van der Waals surface area (Å²) >= 11 is 1.73. The molecule has 0 fully saturated rings. The van der Waals surface area contributed by atoms with Crippen molar-refractivity contribution >= 4 is 17.2 Å². The lowest BCUT2D eigenvalue weighted by Gasteiger charge is -2.27. The Morgan fingerprint density at radius 2 is 2.06 bits per heavy atom. The molecule has 0 aliphatic carbocycles. The number of nitrogens with two attached hydrogens (primary N) is 1. The van der Waals surface area contributed by atoms with Gasteiger partial charge in [0.2, 0.25) is 5.91 Å². The van der Waals surface area contributed by atoms with Gasteiger partial charge in [0.15, 0.2) is 0 Å². The topological polar surface area (TPSA) is 46.3 Å². The summed E-state index contributed by atoms with van der Waals surface area (Å²) in [5.74, 6) is 0.0149. The predicted molar refractivity (Wildman–Crippen MR) is 68.4 cm³/mol. The molecule has 3 nitrogen and oxygen atoms in total. The van der Waals surface area contributed by atoms with Crippen molar-refractivity contribution < 1.29 is 4.79 Å². The fourth-order valence-corrected chi connectivity index (χ4v) is 2.40. The summed E-state index contributed by atoms with van der Waals surface area (Å²) in [6, 6.07) is 3.91. The molecule has 4 heteroatoms. The molecule has 1 rings (SSSR count). The number of hydrogen-bond acceptors (Lipinski definition) is 3. The number of thiophene rings is 1. The van der Waals surface area contributed by atoms with Crippen molar-refractivity contribution in [3.8, 4) is 0 Å². The van der Waals surface area contributed by atoms with E-state index in [1.54, 1.807) is 18.3 Å². The van der Waals surface area contributed by atoms with Crippen LogP contribution in [-0.2, 0) is 11.3 Å². The van der Waals surface area contributed by atoms with Crippen LogP contribution in [0.15, 0.2) is 12.1 Å². The predicted octanol–water partition coefficient (Wildman–Crippen LogP) is 2.14. The van der Waals surface area contributed by atoms with E-state index in [9.17, 15) is 4.79 Å². The van der Waals surface area contributed by atoms with E-state index >= 15 is 0 Å². The van der Waals surface area contributed by atoms with Crippen LogP contribution in [0.3, 0.4) is 0 Å². The highest BCUT2D eigenvalue weighted by atomic mass is 32.1.